The first kappa shape index (κ1) is 14.5. The van der Waals surface area contributed by atoms with Gasteiger partial charge in [0.25, 0.3) is 0 Å². The van der Waals surface area contributed by atoms with E-state index in [9.17, 15) is 0 Å². The molecule has 1 fully saturated rings. The lowest BCUT2D eigenvalue weighted by Crippen LogP contribution is -2.30. The van der Waals surface area contributed by atoms with E-state index >= 15 is 0 Å². The molecule has 1 N–H and O–H groups in total. The van der Waals surface area contributed by atoms with Gasteiger partial charge in [0, 0.05) is 13.2 Å². The normalized spacial score (nSPS) is 19.8. The summed E-state index contributed by atoms with van der Waals surface area (Å²) < 4.78 is 7.89. The van der Waals surface area contributed by atoms with Gasteiger partial charge >= 0.3 is 0 Å². The van der Waals surface area contributed by atoms with Crippen LogP contribution in [0.2, 0.25) is 0 Å². The van der Waals surface area contributed by atoms with E-state index in [2.05, 4.69) is 35.0 Å². The van der Waals surface area contributed by atoms with Crippen LogP contribution < -0.4 is 5.32 Å². The standard InChI is InChI=1S/C15H27N3O/c1-3-14-10-15(18(4-2)17-14)12-19-9-7-13-6-5-8-16-11-13/h10,13,16H,3-9,11-12H2,1-2H3. The Bertz CT molecular complexity index is 369. The Labute approximate surface area is 116 Å². The molecule has 0 spiro atoms. The maximum atomic E-state index is 5.83. The Balaban J connectivity index is 1.71. The van der Waals surface area contributed by atoms with E-state index in [0.717, 1.165) is 37.7 Å². The second-order valence-corrected chi connectivity index (χ2v) is 5.35. The molecule has 2 heterocycles. The molecule has 2 rings (SSSR count). The summed E-state index contributed by atoms with van der Waals surface area (Å²) in [5.74, 6) is 0.802. The fourth-order valence-electron chi connectivity index (χ4n) is 2.67. The molecule has 1 aliphatic rings. The highest BCUT2D eigenvalue weighted by atomic mass is 16.5. The maximum absolute atomic E-state index is 5.83. The monoisotopic (exact) mass is 265 g/mol. The molecule has 1 saturated heterocycles. The fraction of sp³-hybridized carbons (Fsp3) is 0.800. The summed E-state index contributed by atoms with van der Waals surface area (Å²) in [5.41, 5.74) is 2.37. The van der Waals surface area contributed by atoms with Gasteiger partial charge in [0.1, 0.15) is 0 Å². The first-order valence-electron chi connectivity index (χ1n) is 7.67. The van der Waals surface area contributed by atoms with Crippen LogP contribution in [0.1, 0.15) is 44.5 Å². The predicted octanol–water partition coefficient (Wildman–Crippen LogP) is 2.37. The number of aromatic nitrogens is 2. The van der Waals surface area contributed by atoms with Crippen molar-refractivity contribution >= 4 is 0 Å². The summed E-state index contributed by atoms with van der Waals surface area (Å²) >= 11 is 0. The molecule has 1 aromatic rings. The lowest BCUT2D eigenvalue weighted by atomic mass is 9.97. The Morgan fingerprint density at radius 3 is 3.05 bits per heavy atom. The second-order valence-electron chi connectivity index (χ2n) is 5.35. The largest absolute Gasteiger partial charge is 0.375 e. The van der Waals surface area contributed by atoms with Crippen LogP contribution in [-0.2, 0) is 24.3 Å². The second kappa shape index (κ2) is 7.65. The van der Waals surface area contributed by atoms with Crippen molar-refractivity contribution in [2.45, 2.75) is 52.7 Å². The number of aryl methyl sites for hydroxylation is 2. The quantitative estimate of drug-likeness (QED) is 0.769. The molecular formula is C15H27N3O. The lowest BCUT2D eigenvalue weighted by Gasteiger charge is -2.22. The summed E-state index contributed by atoms with van der Waals surface area (Å²) in [7, 11) is 0. The number of piperidine rings is 1. The van der Waals surface area contributed by atoms with Crippen molar-refractivity contribution in [3.05, 3.63) is 17.5 Å². The molecule has 0 aromatic carbocycles. The summed E-state index contributed by atoms with van der Waals surface area (Å²) in [4.78, 5) is 0. The number of nitrogens with zero attached hydrogens (tertiary/aromatic N) is 2. The summed E-state index contributed by atoms with van der Waals surface area (Å²) in [6, 6.07) is 2.17. The van der Waals surface area contributed by atoms with Crippen molar-refractivity contribution < 1.29 is 4.74 Å². The molecule has 4 heteroatoms. The van der Waals surface area contributed by atoms with E-state index in [4.69, 9.17) is 4.74 Å². The predicted molar refractivity (Wildman–Crippen MR) is 77.1 cm³/mol. The van der Waals surface area contributed by atoms with Crippen LogP contribution in [0.4, 0.5) is 0 Å². The molecule has 1 aliphatic heterocycles. The molecule has 0 amide bonds. The average molecular weight is 265 g/mol. The minimum absolute atomic E-state index is 0.695. The summed E-state index contributed by atoms with van der Waals surface area (Å²) in [6.07, 6.45) is 4.83. The lowest BCUT2D eigenvalue weighted by molar-refractivity contribution is 0.0984. The number of hydrogen-bond donors (Lipinski definition) is 1. The van der Waals surface area contributed by atoms with Gasteiger partial charge in [-0.05, 0) is 57.7 Å². The van der Waals surface area contributed by atoms with Gasteiger partial charge in [-0.15, -0.1) is 0 Å². The molecule has 1 unspecified atom stereocenters. The van der Waals surface area contributed by atoms with Gasteiger partial charge in [0.2, 0.25) is 0 Å². The van der Waals surface area contributed by atoms with E-state index in [1.807, 2.05) is 0 Å². The number of hydrogen-bond acceptors (Lipinski definition) is 3. The molecular weight excluding hydrogens is 238 g/mol. The van der Waals surface area contributed by atoms with E-state index in [1.165, 1.54) is 31.5 Å². The maximum Gasteiger partial charge on any atom is 0.0884 e. The van der Waals surface area contributed by atoms with Gasteiger partial charge in [-0.25, -0.2) is 0 Å². The molecule has 108 valence electrons. The van der Waals surface area contributed by atoms with Gasteiger partial charge in [-0.3, -0.25) is 4.68 Å². The van der Waals surface area contributed by atoms with E-state index in [0.29, 0.717) is 6.61 Å². The van der Waals surface area contributed by atoms with Crippen molar-refractivity contribution in [3.63, 3.8) is 0 Å². The van der Waals surface area contributed by atoms with Gasteiger partial charge in [-0.1, -0.05) is 6.92 Å². The zero-order valence-electron chi connectivity index (χ0n) is 12.3. The Kier molecular flexibility index (Phi) is 5.86. The molecule has 0 saturated carbocycles. The van der Waals surface area contributed by atoms with Crippen molar-refractivity contribution in [2.24, 2.45) is 5.92 Å². The Hall–Kier alpha value is -0.870. The van der Waals surface area contributed by atoms with Crippen LogP contribution in [-0.4, -0.2) is 29.5 Å². The first-order chi connectivity index (χ1) is 9.33. The molecule has 19 heavy (non-hydrogen) atoms. The van der Waals surface area contributed by atoms with Gasteiger partial charge in [-0.2, -0.15) is 5.10 Å². The Morgan fingerprint density at radius 2 is 2.37 bits per heavy atom. The van der Waals surface area contributed by atoms with Crippen LogP contribution >= 0.6 is 0 Å². The van der Waals surface area contributed by atoms with E-state index in [-0.39, 0.29) is 0 Å². The number of ether oxygens (including phenoxy) is 1. The first-order valence-corrected chi connectivity index (χ1v) is 7.67. The molecule has 0 aliphatic carbocycles. The molecule has 1 atom stereocenters. The molecule has 0 radical (unpaired) electrons. The average Bonchev–Trinajstić information content (AvgIpc) is 2.87. The zero-order chi connectivity index (χ0) is 13.5. The third kappa shape index (κ3) is 4.32. The van der Waals surface area contributed by atoms with Crippen molar-refractivity contribution in [2.75, 3.05) is 19.7 Å². The minimum Gasteiger partial charge on any atom is -0.375 e. The van der Waals surface area contributed by atoms with Crippen molar-refractivity contribution in [1.29, 1.82) is 0 Å². The molecule has 0 bridgehead atoms. The highest BCUT2D eigenvalue weighted by molar-refractivity contribution is 5.09. The SMILES string of the molecule is CCc1cc(COCCC2CCCNC2)n(CC)n1. The third-order valence-corrected chi connectivity index (χ3v) is 3.90. The summed E-state index contributed by atoms with van der Waals surface area (Å²) in [5, 5.41) is 8.00. The van der Waals surface area contributed by atoms with Crippen LogP contribution in [0.5, 0.6) is 0 Å². The zero-order valence-corrected chi connectivity index (χ0v) is 12.3. The smallest absolute Gasteiger partial charge is 0.0884 e. The van der Waals surface area contributed by atoms with Gasteiger partial charge in [0.15, 0.2) is 0 Å². The minimum atomic E-state index is 0.695. The van der Waals surface area contributed by atoms with Gasteiger partial charge in [0.05, 0.1) is 18.0 Å². The van der Waals surface area contributed by atoms with Crippen LogP contribution in [0, 0.1) is 5.92 Å². The highest BCUT2D eigenvalue weighted by Crippen LogP contribution is 2.14. The Morgan fingerprint density at radius 1 is 1.47 bits per heavy atom. The van der Waals surface area contributed by atoms with Crippen LogP contribution in [0.25, 0.3) is 0 Å². The number of rotatable bonds is 7. The van der Waals surface area contributed by atoms with Crippen molar-refractivity contribution in [1.82, 2.24) is 15.1 Å². The van der Waals surface area contributed by atoms with E-state index in [1.54, 1.807) is 0 Å². The molecule has 4 nitrogen and oxygen atoms in total. The van der Waals surface area contributed by atoms with Crippen LogP contribution in [0.3, 0.4) is 0 Å². The number of nitrogens with one attached hydrogen (secondary N) is 1. The molecule has 1 aromatic heterocycles. The fourth-order valence-corrected chi connectivity index (χ4v) is 2.67. The van der Waals surface area contributed by atoms with Crippen LogP contribution in [0.15, 0.2) is 6.07 Å². The highest BCUT2D eigenvalue weighted by Gasteiger charge is 2.12. The third-order valence-electron chi connectivity index (χ3n) is 3.90. The van der Waals surface area contributed by atoms with Crippen molar-refractivity contribution in [3.8, 4) is 0 Å². The van der Waals surface area contributed by atoms with E-state index < -0.39 is 0 Å². The van der Waals surface area contributed by atoms with Gasteiger partial charge < -0.3 is 10.1 Å². The topological polar surface area (TPSA) is 39.1 Å². The summed E-state index contributed by atoms with van der Waals surface area (Å²) in [6.45, 7) is 9.10.